The molecule has 1 atom stereocenters. The molecule has 0 spiro atoms. The van der Waals surface area contributed by atoms with E-state index in [4.69, 9.17) is 0 Å². The number of imide groups is 1. The van der Waals surface area contributed by atoms with Crippen LogP contribution in [0, 0.1) is 0 Å². The number of rotatable bonds is 4. The molecule has 0 aliphatic carbocycles. The van der Waals surface area contributed by atoms with Crippen LogP contribution in [0.2, 0.25) is 0 Å². The number of nitrogens with zero attached hydrogens (tertiary/aromatic N) is 1. The first-order chi connectivity index (χ1) is 8.15. The Morgan fingerprint density at radius 1 is 1.47 bits per heavy atom. The Morgan fingerprint density at radius 2 is 2.24 bits per heavy atom. The molecular weight excluding hydrogens is 222 g/mol. The molecule has 2 amide bonds. The van der Waals surface area contributed by atoms with Crippen LogP contribution >= 0.6 is 0 Å². The quantitative estimate of drug-likeness (QED) is 0.724. The summed E-state index contributed by atoms with van der Waals surface area (Å²) in [5.41, 5.74) is 0. The summed E-state index contributed by atoms with van der Waals surface area (Å²) in [6.07, 6.45) is 1.53. The zero-order valence-electron chi connectivity index (χ0n) is 10.5. The summed E-state index contributed by atoms with van der Waals surface area (Å²) >= 11 is 0. The van der Waals surface area contributed by atoms with Crippen LogP contribution in [-0.2, 0) is 9.53 Å². The van der Waals surface area contributed by atoms with Gasteiger partial charge in [0.2, 0.25) is 5.91 Å². The van der Waals surface area contributed by atoms with Gasteiger partial charge in [-0.1, -0.05) is 0 Å². The number of nitrogens with one attached hydrogen (secondary N) is 2. The van der Waals surface area contributed by atoms with Crippen LogP contribution in [0.4, 0.5) is 4.79 Å². The van der Waals surface area contributed by atoms with E-state index < -0.39 is 6.09 Å². The molecule has 0 aromatic rings. The summed E-state index contributed by atoms with van der Waals surface area (Å²) in [4.78, 5) is 24.6. The van der Waals surface area contributed by atoms with E-state index in [0.29, 0.717) is 6.04 Å². The molecule has 1 fully saturated rings. The lowest BCUT2D eigenvalue weighted by atomic mass is 10.1. The number of ether oxygens (including phenoxy) is 1. The topological polar surface area (TPSA) is 70.7 Å². The minimum atomic E-state index is -0.667. The van der Waals surface area contributed by atoms with Crippen molar-refractivity contribution in [3.63, 3.8) is 0 Å². The number of hydrogen-bond donors (Lipinski definition) is 2. The molecule has 1 heterocycles. The van der Waals surface area contributed by atoms with Crippen LogP contribution in [0.5, 0.6) is 0 Å². The van der Waals surface area contributed by atoms with Crippen LogP contribution in [-0.4, -0.2) is 56.2 Å². The first-order valence-electron chi connectivity index (χ1n) is 6.02. The third kappa shape index (κ3) is 5.14. The van der Waals surface area contributed by atoms with Crippen molar-refractivity contribution in [2.75, 3.05) is 33.3 Å². The highest BCUT2D eigenvalue weighted by molar-refractivity contribution is 5.92. The smallest absolute Gasteiger partial charge is 0.413 e. The van der Waals surface area contributed by atoms with Gasteiger partial charge in [-0.25, -0.2) is 4.79 Å². The van der Waals surface area contributed by atoms with Gasteiger partial charge >= 0.3 is 6.09 Å². The molecule has 17 heavy (non-hydrogen) atoms. The normalized spacial score (nSPS) is 20.9. The Kier molecular flexibility index (Phi) is 5.93. The van der Waals surface area contributed by atoms with E-state index in [1.165, 1.54) is 0 Å². The Hall–Kier alpha value is -1.14. The van der Waals surface area contributed by atoms with Crippen molar-refractivity contribution in [2.45, 2.75) is 25.8 Å². The lowest BCUT2D eigenvalue weighted by molar-refractivity contribution is -0.121. The fourth-order valence-electron chi connectivity index (χ4n) is 1.96. The number of likely N-dealkylation sites (N-methyl/N-ethyl adjacent to an activating group) is 1. The molecule has 0 radical (unpaired) electrons. The zero-order chi connectivity index (χ0) is 12.7. The van der Waals surface area contributed by atoms with Gasteiger partial charge in [0.15, 0.2) is 0 Å². The average Bonchev–Trinajstić information content (AvgIpc) is 2.29. The van der Waals surface area contributed by atoms with Gasteiger partial charge < -0.3 is 10.1 Å². The third-order valence-corrected chi connectivity index (χ3v) is 2.80. The molecule has 6 nitrogen and oxygen atoms in total. The molecule has 6 heteroatoms. The van der Waals surface area contributed by atoms with Crippen LogP contribution in [0.15, 0.2) is 0 Å². The van der Waals surface area contributed by atoms with Gasteiger partial charge in [-0.15, -0.1) is 0 Å². The highest BCUT2D eigenvalue weighted by Gasteiger charge is 2.21. The maximum absolute atomic E-state index is 11.5. The SMILES string of the molecule is CCOC(=O)NC(=O)CN1CCCC(NC)C1. The standard InChI is InChI=1S/C11H21N3O3/c1-3-17-11(16)13-10(15)8-14-6-4-5-9(7-14)12-2/h9,12H,3-8H2,1-2H3,(H,13,15,16). The van der Waals surface area contributed by atoms with Gasteiger partial charge in [-0.2, -0.15) is 0 Å². The van der Waals surface area contributed by atoms with E-state index in [1.807, 2.05) is 11.9 Å². The zero-order valence-corrected chi connectivity index (χ0v) is 10.5. The summed E-state index contributed by atoms with van der Waals surface area (Å²) < 4.78 is 4.64. The second kappa shape index (κ2) is 7.24. The average molecular weight is 243 g/mol. The van der Waals surface area contributed by atoms with Gasteiger partial charge in [-0.3, -0.25) is 15.0 Å². The summed E-state index contributed by atoms with van der Waals surface area (Å²) in [6, 6.07) is 0.430. The van der Waals surface area contributed by atoms with Crippen molar-refractivity contribution in [1.82, 2.24) is 15.5 Å². The minimum absolute atomic E-state index is 0.247. The van der Waals surface area contributed by atoms with Gasteiger partial charge in [0.1, 0.15) is 0 Å². The van der Waals surface area contributed by atoms with E-state index >= 15 is 0 Å². The fourth-order valence-corrected chi connectivity index (χ4v) is 1.96. The van der Waals surface area contributed by atoms with Crippen LogP contribution in [0.1, 0.15) is 19.8 Å². The number of alkyl carbamates (subject to hydrolysis) is 1. The molecule has 1 saturated heterocycles. The molecule has 1 rings (SSSR count). The second-order valence-electron chi connectivity index (χ2n) is 4.13. The molecule has 1 unspecified atom stereocenters. The molecule has 0 bridgehead atoms. The van der Waals surface area contributed by atoms with Gasteiger partial charge in [-0.05, 0) is 33.4 Å². The lowest BCUT2D eigenvalue weighted by Gasteiger charge is -2.31. The Labute approximate surface area is 102 Å². The van der Waals surface area contributed by atoms with Crippen molar-refractivity contribution in [3.8, 4) is 0 Å². The minimum Gasteiger partial charge on any atom is -0.450 e. The van der Waals surface area contributed by atoms with Crippen molar-refractivity contribution < 1.29 is 14.3 Å². The van der Waals surface area contributed by atoms with Gasteiger partial charge in [0.25, 0.3) is 0 Å². The van der Waals surface area contributed by atoms with Crippen LogP contribution in [0.3, 0.4) is 0 Å². The molecule has 98 valence electrons. The fraction of sp³-hybridized carbons (Fsp3) is 0.818. The number of likely N-dealkylation sites (tertiary alicyclic amines) is 1. The monoisotopic (exact) mass is 243 g/mol. The Morgan fingerprint density at radius 3 is 2.88 bits per heavy atom. The van der Waals surface area contributed by atoms with Crippen LogP contribution in [0.25, 0.3) is 0 Å². The second-order valence-corrected chi connectivity index (χ2v) is 4.13. The van der Waals surface area contributed by atoms with Crippen molar-refractivity contribution in [2.24, 2.45) is 0 Å². The third-order valence-electron chi connectivity index (χ3n) is 2.80. The highest BCUT2D eigenvalue weighted by Crippen LogP contribution is 2.08. The first-order valence-corrected chi connectivity index (χ1v) is 6.02. The maximum Gasteiger partial charge on any atom is 0.413 e. The molecule has 1 aliphatic rings. The van der Waals surface area contributed by atoms with E-state index in [-0.39, 0.29) is 19.1 Å². The predicted molar refractivity (Wildman–Crippen MR) is 63.7 cm³/mol. The van der Waals surface area contributed by atoms with Gasteiger partial charge in [0.05, 0.1) is 13.2 Å². The summed E-state index contributed by atoms with van der Waals surface area (Å²) in [5, 5.41) is 5.40. The Balaban J connectivity index is 2.28. The van der Waals surface area contributed by atoms with Gasteiger partial charge in [0, 0.05) is 12.6 Å². The first kappa shape index (κ1) is 13.9. The summed E-state index contributed by atoms with van der Waals surface area (Å²) in [5.74, 6) is -0.305. The van der Waals surface area contributed by atoms with E-state index in [9.17, 15) is 9.59 Å². The number of amides is 2. The summed E-state index contributed by atoms with van der Waals surface area (Å²) in [7, 11) is 1.92. The van der Waals surface area contributed by atoms with E-state index in [2.05, 4.69) is 15.4 Å². The number of carbonyl (C=O) groups excluding carboxylic acids is 2. The molecular formula is C11H21N3O3. The van der Waals surface area contributed by atoms with Crippen molar-refractivity contribution >= 4 is 12.0 Å². The number of piperidine rings is 1. The van der Waals surface area contributed by atoms with Crippen LogP contribution < -0.4 is 10.6 Å². The van der Waals surface area contributed by atoms with Crippen molar-refractivity contribution in [1.29, 1.82) is 0 Å². The molecule has 1 aliphatic heterocycles. The summed E-state index contributed by atoms with van der Waals surface area (Å²) in [6.45, 7) is 3.95. The van der Waals surface area contributed by atoms with E-state index in [1.54, 1.807) is 6.92 Å². The molecule has 0 aromatic carbocycles. The maximum atomic E-state index is 11.5. The molecule has 0 aromatic heterocycles. The predicted octanol–water partition coefficient (Wildman–Crippen LogP) is -0.0571. The number of hydrogen-bond acceptors (Lipinski definition) is 5. The number of carbonyl (C=O) groups is 2. The Bertz CT molecular complexity index is 271. The highest BCUT2D eigenvalue weighted by atomic mass is 16.5. The molecule has 0 saturated carbocycles. The lowest BCUT2D eigenvalue weighted by Crippen LogP contribution is -2.48. The van der Waals surface area contributed by atoms with Crippen molar-refractivity contribution in [3.05, 3.63) is 0 Å². The van der Waals surface area contributed by atoms with E-state index in [0.717, 1.165) is 25.9 Å². The molecule has 2 N–H and O–H groups in total. The largest absolute Gasteiger partial charge is 0.450 e.